The first kappa shape index (κ1) is 22.7. The van der Waals surface area contributed by atoms with Gasteiger partial charge in [0.25, 0.3) is 0 Å². The van der Waals surface area contributed by atoms with E-state index >= 15 is 0 Å². The fourth-order valence-electron chi connectivity index (χ4n) is 2.44. The minimum absolute atomic E-state index is 0. The maximum absolute atomic E-state index is 12.5. The fourth-order valence-corrected chi connectivity index (χ4v) is 2.44. The highest BCUT2D eigenvalue weighted by atomic mass is 127. The van der Waals surface area contributed by atoms with Crippen molar-refractivity contribution in [3.63, 3.8) is 0 Å². The van der Waals surface area contributed by atoms with Gasteiger partial charge in [-0.3, -0.25) is 0 Å². The molecule has 5 nitrogen and oxygen atoms in total. The summed E-state index contributed by atoms with van der Waals surface area (Å²) in [6.07, 6.45) is -3.54. The van der Waals surface area contributed by atoms with Gasteiger partial charge < -0.3 is 20.5 Å². The number of nitrogens with one attached hydrogen (secondary N) is 1. The number of anilines is 1. The number of ether oxygens (including phenoxy) is 2. The van der Waals surface area contributed by atoms with Gasteiger partial charge in [-0.15, -0.1) is 24.0 Å². The Morgan fingerprint density at radius 2 is 1.76 bits per heavy atom. The van der Waals surface area contributed by atoms with Crippen molar-refractivity contribution < 1.29 is 22.6 Å². The standard InChI is InChI=1S/C20H18F3N3O2.HI/c21-20(22,23)15-6-4-14(5-7-15)3-1-10-25-19(24)26-16-8-9-17-18(13-16)28-12-2-11-27-17;/h4-9,13H,2,10-12H2,(H3,24,25,26);1H. The molecule has 1 heterocycles. The summed E-state index contributed by atoms with van der Waals surface area (Å²) in [5.74, 6) is 6.98. The van der Waals surface area contributed by atoms with Crippen molar-refractivity contribution in [2.24, 2.45) is 10.7 Å². The maximum Gasteiger partial charge on any atom is 0.416 e. The van der Waals surface area contributed by atoms with Crippen molar-refractivity contribution in [2.75, 3.05) is 25.1 Å². The molecule has 3 rings (SSSR count). The molecule has 0 atom stereocenters. The summed E-state index contributed by atoms with van der Waals surface area (Å²) in [4.78, 5) is 4.08. The quantitative estimate of drug-likeness (QED) is 0.271. The molecule has 2 aromatic carbocycles. The Morgan fingerprint density at radius 3 is 2.45 bits per heavy atom. The molecule has 0 spiro atoms. The molecule has 9 heteroatoms. The van der Waals surface area contributed by atoms with Crippen LogP contribution in [-0.4, -0.2) is 25.7 Å². The van der Waals surface area contributed by atoms with Gasteiger partial charge in [0.15, 0.2) is 17.5 Å². The van der Waals surface area contributed by atoms with Crippen molar-refractivity contribution in [1.82, 2.24) is 0 Å². The molecule has 0 radical (unpaired) electrons. The van der Waals surface area contributed by atoms with Crippen molar-refractivity contribution >= 4 is 35.6 Å². The Morgan fingerprint density at radius 1 is 1.07 bits per heavy atom. The third-order valence-electron chi connectivity index (χ3n) is 3.79. The number of fused-ring (bicyclic) bond motifs is 1. The minimum Gasteiger partial charge on any atom is -0.490 e. The maximum atomic E-state index is 12.5. The van der Waals surface area contributed by atoms with Crippen LogP contribution in [-0.2, 0) is 6.18 Å². The van der Waals surface area contributed by atoms with E-state index in [1.807, 2.05) is 0 Å². The van der Waals surface area contributed by atoms with Crippen LogP contribution in [0.1, 0.15) is 17.5 Å². The van der Waals surface area contributed by atoms with Crippen LogP contribution in [0, 0.1) is 11.8 Å². The van der Waals surface area contributed by atoms with Crippen molar-refractivity contribution in [2.45, 2.75) is 12.6 Å². The summed E-state index contributed by atoms with van der Waals surface area (Å²) in [6, 6.07) is 9.99. The molecular formula is C20H19F3IN3O2. The van der Waals surface area contributed by atoms with Crippen molar-refractivity contribution in [1.29, 1.82) is 0 Å². The zero-order valence-electron chi connectivity index (χ0n) is 15.3. The van der Waals surface area contributed by atoms with Crippen molar-refractivity contribution in [3.05, 3.63) is 53.6 Å². The van der Waals surface area contributed by atoms with E-state index in [1.54, 1.807) is 18.2 Å². The zero-order valence-corrected chi connectivity index (χ0v) is 17.6. The van der Waals surface area contributed by atoms with E-state index in [-0.39, 0.29) is 36.5 Å². The Balaban J connectivity index is 0.00000300. The topological polar surface area (TPSA) is 68.9 Å². The molecule has 2 aromatic rings. The molecule has 0 saturated heterocycles. The van der Waals surface area contributed by atoms with Gasteiger partial charge in [0, 0.05) is 23.7 Å². The lowest BCUT2D eigenvalue weighted by Gasteiger charge is -2.10. The summed E-state index contributed by atoms with van der Waals surface area (Å²) < 4.78 is 48.7. The lowest BCUT2D eigenvalue weighted by atomic mass is 10.1. The van der Waals surface area contributed by atoms with E-state index in [4.69, 9.17) is 15.2 Å². The third-order valence-corrected chi connectivity index (χ3v) is 3.79. The lowest BCUT2D eigenvalue weighted by Crippen LogP contribution is -2.22. The molecule has 1 aliphatic heterocycles. The summed E-state index contributed by atoms with van der Waals surface area (Å²) in [7, 11) is 0. The number of rotatable bonds is 2. The number of alkyl halides is 3. The molecule has 0 aliphatic carbocycles. The largest absolute Gasteiger partial charge is 0.490 e. The van der Waals surface area contributed by atoms with Crippen LogP contribution in [0.2, 0.25) is 0 Å². The van der Waals surface area contributed by atoms with E-state index in [9.17, 15) is 13.2 Å². The van der Waals surface area contributed by atoms with Gasteiger partial charge in [-0.1, -0.05) is 11.8 Å². The van der Waals surface area contributed by atoms with Crippen LogP contribution >= 0.6 is 24.0 Å². The Hall–Kier alpha value is -2.61. The number of guanidine groups is 1. The molecule has 0 bridgehead atoms. The highest BCUT2D eigenvalue weighted by Gasteiger charge is 2.29. The van der Waals surface area contributed by atoms with Gasteiger partial charge in [-0.2, -0.15) is 13.2 Å². The number of nitrogens with zero attached hydrogens (tertiary/aromatic N) is 1. The number of aliphatic imine (C=N–C) groups is 1. The van der Waals surface area contributed by atoms with Gasteiger partial charge in [0.1, 0.15) is 6.54 Å². The first-order valence-corrected chi connectivity index (χ1v) is 8.54. The zero-order chi connectivity index (χ0) is 20.0. The van der Waals surface area contributed by atoms with E-state index in [2.05, 4.69) is 22.2 Å². The molecule has 29 heavy (non-hydrogen) atoms. The molecule has 0 fully saturated rings. The van der Waals surface area contributed by atoms with Crippen LogP contribution in [0.3, 0.4) is 0 Å². The second kappa shape index (κ2) is 10.2. The van der Waals surface area contributed by atoms with E-state index in [0.29, 0.717) is 36.0 Å². The smallest absolute Gasteiger partial charge is 0.416 e. The molecule has 0 amide bonds. The molecule has 0 aromatic heterocycles. The van der Waals surface area contributed by atoms with Crippen LogP contribution in [0.5, 0.6) is 11.5 Å². The monoisotopic (exact) mass is 517 g/mol. The first-order valence-electron chi connectivity index (χ1n) is 8.54. The van der Waals surface area contributed by atoms with E-state index in [1.165, 1.54) is 12.1 Å². The number of hydrogen-bond donors (Lipinski definition) is 2. The van der Waals surface area contributed by atoms with Gasteiger partial charge in [-0.25, -0.2) is 4.99 Å². The van der Waals surface area contributed by atoms with Crippen molar-refractivity contribution in [3.8, 4) is 23.3 Å². The molecule has 154 valence electrons. The number of hydrogen-bond acceptors (Lipinski definition) is 3. The molecule has 0 saturated carbocycles. The number of halogens is 4. The Labute approximate surface area is 183 Å². The third kappa shape index (κ3) is 6.74. The summed E-state index contributed by atoms with van der Waals surface area (Å²) in [5.41, 5.74) is 6.29. The highest BCUT2D eigenvalue weighted by Crippen LogP contribution is 2.32. The van der Waals surface area contributed by atoms with E-state index in [0.717, 1.165) is 18.6 Å². The summed E-state index contributed by atoms with van der Waals surface area (Å²) >= 11 is 0. The lowest BCUT2D eigenvalue weighted by molar-refractivity contribution is -0.137. The minimum atomic E-state index is -4.36. The first-order chi connectivity index (χ1) is 13.4. The average molecular weight is 517 g/mol. The predicted octanol–water partition coefficient (Wildman–Crippen LogP) is 4.26. The van der Waals surface area contributed by atoms with Gasteiger partial charge >= 0.3 is 6.18 Å². The molecule has 0 unspecified atom stereocenters. The second-order valence-corrected chi connectivity index (χ2v) is 5.92. The fraction of sp³-hybridized carbons (Fsp3) is 0.250. The van der Waals surface area contributed by atoms with Gasteiger partial charge in [0.2, 0.25) is 0 Å². The normalized spacial score (nSPS) is 13.4. The molecular weight excluding hydrogens is 498 g/mol. The Bertz CT molecular complexity index is 919. The predicted molar refractivity (Wildman–Crippen MR) is 116 cm³/mol. The summed E-state index contributed by atoms with van der Waals surface area (Å²) in [5, 5.41) is 2.93. The Kier molecular flexibility index (Phi) is 8.01. The molecule has 3 N–H and O–H groups in total. The van der Waals surface area contributed by atoms with Gasteiger partial charge in [0.05, 0.1) is 18.8 Å². The molecule has 1 aliphatic rings. The van der Waals surface area contributed by atoms with E-state index < -0.39 is 11.7 Å². The summed E-state index contributed by atoms with van der Waals surface area (Å²) in [6.45, 7) is 1.30. The average Bonchev–Trinajstić information content (AvgIpc) is 2.90. The highest BCUT2D eigenvalue weighted by molar-refractivity contribution is 14.0. The van der Waals surface area contributed by atoms with Crippen LogP contribution < -0.4 is 20.5 Å². The van der Waals surface area contributed by atoms with Crippen LogP contribution in [0.4, 0.5) is 18.9 Å². The van der Waals surface area contributed by atoms with Crippen LogP contribution in [0.15, 0.2) is 47.5 Å². The van der Waals surface area contributed by atoms with Crippen LogP contribution in [0.25, 0.3) is 0 Å². The number of benzene rings is 2. The SMILES string of the molecule is I.NC(=NCC#Cc1ccc(C(F)(F)F)cc1)Nc1ccc2c(c1)OCCCO2. The number of nitrogens with two attached hydrogens (primary N) is 1. The van der Waals surface area contributed by atoms with Gasteiger partial charge in [-0.05, 0) is 36.4 Å². The second-order valence-electron chi connectivity index (χ2n) is 5.92.